The van der Waals surface area contributed by atoms with Crippen molar-refractivity contribution in [3.8, 4) is 0 Å². The average molecular weight is 599 g/mol. The number of fused-ring (bicyclic) bond motifs is 3. The Morgan fingerprint density at radius 3 is 2.70 bits per heavy atom. The molecule has 0 fully saturated rings. The molecule has 0 spiro atoms. The summed E-state index contributed by atoms with van der Waals surface area (Å²) < 4.78 is 56.8. The summed E-state index contributed by atoms with van der Waals surface area (Å²) in [5, 5.41) is 4.48. The van der Waals surface area contributed by atoms with E-state index in [9.17, 15) is 17.6 Å². The standard InChI is InChI=1S/C33H28F2N4O3S/c1-3-43(41,42)18-21-14-20-17-39(27-10-9-22(34)15-26(27)35)32-25(24-8-4-6-19-7-5-12-36-30(19)24)16-37-31(28(20)32)29-23(21)11-13-38(2)33(29)40/h4-15,17,25,32,37H,3,16,18H2,1-2H3. The van der Waals surface area contributed by atoms with E-state index in [2.05, 4.69) is 10.3 Å². The van der Waals surface area contributed by atoms with Crippen molar-refractivity contribution in [3.63, 3.8) is 0 Å². The molecule has 0 bridgehead atoms. The summed E-state index contributed by atoms with van der Waals surface area (Å²) in [5.74, 6) is -1.99. The summed E-state index contributed by atoms with van der Waals surface area (Å²) in [6.07, 6.45) is 6.95. The molecular weight excluding hydrogens is 570 g/mol. The minimum atomic E-state index is -3.47. The van der Waals surface area contributed by atoms with E-state index in [4.69, 9.17) is 0 Å². The van der Waals surface area contributed by atoms with Crippen LogP contribution in [0.4, 0.5) is 14.5 Å². The highest BCUT2D eigenvalue weighted by atomic mass is 32.2. The molecule has 2 unspecified atom stereocenters. The van der Waals surface area contributed by atoms with Gasteiger partial charge in [-0.15, -0.1) is 0 Å². The molecule has 7 rings (SSSR count). The maximum absolute atomic E-state index is 15.5. The molecule has 2 aromatic heterocycles. The van der Waals surface area contributed by atoms with Crippen LogP contribution < -0.4 is 15.8 Å². The topological polar surface area (TPSA) is 84.3 Å². The molecule has 0 amide bonds. The second-order valence-corrected chi connectivity index (χ2v) is 13.5. The van der Waals surface area contributed by atoms with Crippen LogP contribution in [0.15, 0.2) is 95.2 Å². The van der Waals surface area contributed by atoms with Crippen LogP contribution in [-0.4, -0.2) is 42.1 Å². The van der Waals surface area contributed by atoms with E-state index in [1.807, 2.05) is 30.3 Å². The number of hydrogen-bond acceptors (Lipinski definition) is 6. The molecule has 2 aromatic carbocycles. The number of aryl methyl sites for hydroxylation is 1. The number of halogens is 2. The first-order valence-corrected chi connectivity index (χ1v) is 15.9. The predicted octanol–water partition coefficient (Wildman–Crippen LogP) is 4.91. The lowest BCUT2D eigenvalue weighted by Crippen LogP contribution is -2.44. The van der Waals surface area contributed by atoms with Crippen molar-refractivity contribution in [1.29, 1.82) is 0 Å². The van der Waals surface area contributed by atoms with E-state index in [0.717, 1.165) is 28.1 Å². The van der Waals surface area contributed by atoms with Crippen LogP contribution in [-0.2, 0) is 16.9 Å². The Morgan fingerprint density at radius 2 is 1.91 bits per heavy atom. The number of hydrogen-bond donors (Lipinski definition) is 1. The van der Waals surface area contributed by atoms with E-state index >= 15 is 4.39 Å². The van der Waals surface area contributed by atoms with Gasteiger partial charge in [-0.05, 0) is 52.6 Å². The first-order chi connectivity index (χ1) is 20.7. The molecule has 0 saturated carbocycles. The maximum Gasteiger partial charge on any atom is 0.260 e. The van der Waals surface area contributed by atoms with Crippen molar-refractivity contribution in [2.45, 2.75) is 18.9 Å². The van der Waals surface area contributed by atoms with Crippen molar-refractivity contribution < 1.29 is 17.2 Å². The first-order valence-electron chi connectivity index (χ1n) is 14.1. The van der Waals surface area contributed by atoms with Crippen molar-refractivity contribution in [1.82, 2.24) is 14.9 Å². The summed E-state index contributed by atoms with van der Waals surface area (Å²) in [7, 11) is -1.82. The summed E-state index contributed by atoms with van der Waals surface area (Å²) in [5.41, 5.74) is 5.06. The van der Waals surface area contributed by atoms with Crippen LogP contribution in [0.5, 0.6) is 0 Å². The van der Waals surface area contributed by atoms with Gasteiger partial charge in [-0.1, -0.05) is 31.2 Å². The SMILES string of the molecule is CCS(=O)(=O)CC1=CC2=CN(c3ccc(F)cc3F)C3C2=C(NCC3c2cccc3cccnc23)c2c1ccn(C)c2=O. The summed E-state index contributed by atoms with van der Waals surface area (Å²) in [4.78, 5) is 20.2. The normalized spacial score (nSPS) is 19.4. The highest BCUT2D eigenvalue weighted by Crippen LogP contribution is 2.49. The van der Waals surface area contributed by atoms with Crippen molar-refractivity contribution >= 4 is 37.7 Å². The fourth-order valence-corrected chi connectivity index (χ4v) is 7.45. The lowest BCUT2D eigenvalue weighted by atomic mass is 9.80. The van der Waals surface area contributed by atoms with Crippen LogP contribution in [0.3, 0.4) is 0 Å². The van der Waals surface area contributed by atoms with Crippen LogP contribution in [0.2, 0.25) is 0 Å². The number of para-hydroxylation sites is 1. The molecule has 218 valence electrons. The Balaban J connectivity index is 1.52. The fraction of sp³-hybridized carbons (Fsp3) is 0.212. The molecule has 4 aromatic rings. The Hall–Kier alpha value is -4.57. The van der Waals surface area contributed by atoms with Gasteiger partial charge in [-0.2, -0.15) is 0 Å². The van der Waals surface area contributed by atoms with E-state index in [0.29, 0.717) is 34.5 Å². The maximum atomic E-state index is 15.5. The van der Waals surface area contributed by atoms with Gasteiger partial charge >= 0.3 is 0 Å². The number of rotatable bonds is 5. The number of allylic oxidation sites excluding steroid dienone is 1. The molecule has 3 aliphatic rings. The van der Waals surface area contributed by atoms with Crippen molar-refractivity contribution in [3.05, 3.63) is 129 Å². The molecule has 7 nitrogen and oxygen atoms in total. The van der Waals surface area contributed by atoms with Crippen LogP contribution in [0.1, 0.15) is 29.5 Å². The third-order valence-electron chi connectivity index (χ3n) is 8.59. The number of sulfone groups is 1. The molecule has 1 aliphatic carbocycles. The van der Waals surface area contributed by atoms with Gasteiger partial charge in [0.2, 0.25) is 0 Å². The average Bonchev–Trinajstić information content (AvgIpc) is 3.30. The molecule has 2 atom stereocenters. The minimum absolute atomic E-state index is 0.0549. The zero-order valence-electron chi connectivity index (χ0n) is 23.5. The molecule has 2 aliphatic heterocycles. The van der Waals surface area contributed by atoms with E-state index in [-0.39, 0.29) is 28.7 Å². The second-order valence-electron chi connectivity index (χ2n) is 11.1. The molecule has 10 heteroatoms. The lowest BCUT2D eigenvalue weighted by molar-refractivity contribution is 0.537. The van der Waals surface area contributed by atoms with Gasteiger partial charge in [0.25, 0.3) is 5.56 Å². The summed E-state index contributed by atoms with van der Waals surface area (Å²) in [6, 6.07) is 14.6. The fourth-order valence-electron chi connectivity index (χ4n) is 6.53. The molecule has 4 heterocycles. The molecule has 0 saturated heterocycles. The largest absolute Gasteiger partial charge is 0.383 e. The molecule has 0 radical (unpaired) electrons. The highest BCUT2D eigenvalue weighted by molar-refractivity contribution is 7.91. The van der Waals surface area contributed by atoms with Crippen molar-refractivity contribution in [2.75, 3.05) is 23.0 Å². The predicted molar refractivity (Wildman–Crippen MR) is 164 cm³/mol. The number of nitrogens with one attached hydrogen (secondary N) is 1. The lowest BCUT2D eigenvalue weighted by Gasteiger charge is -2.39. The zero-order chi connectivity index (χ0) is 30.0. The Bertz CT molecular complexity index is 2090. The quantitative estimate of drug-likeness (QED) is 0.352. The number of nitrogens with zero attached hydrogens (tertiary/aromatic N) is 3. The Morgan fingerprint density at radius 1 is 1.09 bits per heavy atom. The number of aromatic nitrogens is 2. The van der Waals surface area contributed by atoms with Gasteiger partial charge in [-0.25, -0.2) is 17.2 Å². The number of benzene rings is 2. The van der Waals surface area contributed by atoms with E-state index in [1.54, 1.807) is 49.6 Å². The van der Waals surface area contributed by atoms with Gasteiger partial charge in [0.15, 0.2) is 9.84 Å². The Labute approximate surface area is 247 Å². The van der Waals surface area contributed by atoms with Gasteiger partial charge in [0, 0.05) is 60.9 Å². The zero-order valence-corrected chi connectivity index (χ0v) is 24.3. The third-order valence-corrected chi connectivity index (χ3v) is 10.2. The first kappa shape index (κ1) is 27.3. The van der Waals surface area contributed by atoms with E-state index in [1.165, 1.54) is 16.7 Å². The van der Waals surface area contributed by atoms with Gasteiger partial charge in [0.1, 0.15) is 11.6 Å². The highest BCUT2D eigenvalue weighted by Gasteiger charge is 2.45. The minimum Gasteiger partial charge on any atom is -0.383 e. The van der Waals surface area contributed by atoms with Crippen LogP contribution >= 0.6 is 0 Å². The van der Waals surface area contributed by atoms with E-state index < -0.39 is 27.5 Å². The third kappa shape index (κ3) is 4.39. The van der Waals surface area contributed by atoms with Gasteiger partial charge in [-0.3, -0.25) is 9.78 Å². The van der Waals surface area contributed by atoms with Crippen molar-refractivity contribution in [2.24, 2.45) is 7.05 Å². The van der Waals surface area contributed by atoms with Crippen LogP contribution in [0.25, 0.3) is 22.2 Å². The van der Waals surface area contributed by atoms with Gasteiger partial charge < -0.3 is 14.8 Å². The Kier molecular flexibility index (Phi) is 6.35. The smallest absolute Gasteiger partial charge is 0.260 e. The summed E-state index contributed by atoms with van der Waals surface area (Å²) in [6.45, 7) is 1.98. The molecule has 1 N–H and O–H groups in total. The number of anilines is 1. The van der Waals surface area contributed by atoms with Crippen LogP contribution in [0, 0.1) is 11.6 Å². The molecular formula is C33H28F2N4O3S. The molecule has 43 heavy (non-hydrogen) atoms. The van der Waals surface area contributed by atoms with Gasteiger partial charge in [0.05, 0.1) is 34.3 Å². The number of pyridine rings is 2. The summed E-state index contributed by atoms with van der Waals surface area (Å²) >= 11 is 0. The monoisotopic (exact) mass is 598 g/mol. The second kappa shape index (κ2) is 10.0.